The molecule has 0 aliphatic carbocycles. The molecule has 0 amide bonds. The summed E-state index contributed by atoms with van der Waals surface area (Å²) < 4.78 is 11.6. The normalized spacial score (nSPS) is 13.0. The van der Waals surface area contributed by atoms with Gasteiger partial charge in [0, 0.05) is 24.1 Å². The van der Waals surface area contributed by atoms with Crippen LogP contribution in [0.3, 0.4) is 0 Å². The van der Waals surface area contributed by atoms with E-state index in [1.807, 2.05) is 12.1 Å². The average molecular weight is 372 g/mol. The summed E-state index contributed by atoms with van der Waals surface area (Å²) in [5, 5.41) is 6.69. The number of benzene rings is 1. The maximum absolute atomic E-state index is 5.34. The lowest BCUT2D eigenvalue weighted by Crippen LogP contribution is -2.43. The Balaban J connectivity index is 2.78. The van der Waals surface area contributed by atoms with Crippen molar-refractivity contribution in [2.75, 3.05) is 21.3 Å². The van der Waals surface area contributed by atoms with E-state index in [-0.39, 0.29) is 0 Å². The number of hydrogen-bond acceptors (Lipinski definition) is 3. The highest BCUT2D eigenvalue weighted by Gasteiger charge is 2.12. The van der Waals surface area contributed by atoms with Gasteiger partial charge in [0.15, 0.2) is 17.5 Å². The van der Waals surface area contributed by atoms with E-state index in [4.69, 9.17) is 9.47 Å². The van der Waals surface area contributed by atoms with Gasteiger partial charge in [-0.25, -0.2) is 0 Å². The lowest BCUT2D eigenvalue weighted by Gasteiger charge is -2.21. The van der Waals surface area contributed by atoms with Crippen LogP contribution in [-0.4, -0.2) is 33.3 Å². The summed E-state index contributed by atoms with van der Waals surface area (Å²) in [6.07, 6.45) is 0. The quantitative estimate of drug-likeness (QED) is 0.595. The SMILES string of the molecule is CN=C(NCc1cc(OC)c(OC)cc1Br)NC(C)C(C)C. The number of rotatable bonds is 6. The molecule has 22 heavy (non-hydrogen) atoms. The van der Waals surface area contributed by atoms with Crippen molar-refractivity contribution in [3.05, 3.63) is 22.2 Å². The Kier molecular flexibility index (Phi) is 7.51. The molecule has 0 radical (unpaired) electrons. The van der Waals surface area contributed by atoms with E-state index >= 15 is 0 Å². The maximum Gasteiger partial charge on any atom is 0.191 e. The first-order chi connectivity index (χ1) is 10.4. The van der Waals surface area contributed by atoms with Gasteiger partial charge in [0.25, 0.3) is 0 Å². The number of ether oxygens (including phenoxy) is 2. The van der Waals surface area contributed by atoms with Crippen molar-refractivity contribution in [1.82, 2.24) is 10.6 Å². The molecule has 2 N–H and O–H groups in total. The van der Waals surface area contributed by atoms with E-state index in [0.717, 1.165) is 16.0 Å². The van der Waals surface area contributed by atoms with Crippen molar-refractivity contribution in [3.63, 3.8) is 0 Å². The highest BCUT2D eigenvalue weighted by molar-refractivity contribution is 9.10. The lowest BCUT2D eigenvalue weighted by molar-refractivity contribution is 0.354. The number of nitrogens with one attached hydrogen (secondary N) is 2. The second kappa shape index (κ2) is 8.88. The summed E-state index contributed by atoms with van der Waals surface area (Å²) in [6.45, 7) is 7.13. The lowest BCUT2D eigenvalue weighted by atomic mass is 10.1. The van der Waals surface area contributed by atoms with Crippen LogP contribution in [0.4, 0.5) is 0 Å². The molecule has 1 unspecified atom stereocenters. The van der Waals surface area contributed by atoms with E-state index in [0.29, 0.717) is 30.0 Å². The van der Waals surface area contributed by atoms with Crippen LogP contribution in [0.1, 0.15) is 26.3 Å². The monoisotopic (exact) mass is 371 g/mol. The van der Waals surface area contributed by atoms with Gasteiger partial charge in [0.1, 0.15) is 0 Å². The fourth-order valence-electron chi connectivity index (χ4n) is 1.79. The molecule has 0 fully saturated rings. The zero-order valence-corrected chi connectivity index (χ0v) is 15.7. The molecule has 0 spiro atoms. The smallest absolute Gasteiger partial charge is 0.191 e. The van der Waals surface area contributed by atoms with Gasteiger partial charge in [-0.1, -0.05) is 29.8 Å². The van der Waals surface area contributed by atoms with Crippen LogP contribution in [0, 0.1) is 5.92 Å². The second-order valence-corrected chi connectivity index (χ2v) is 6.26. The highest BCUT2D eigenvalue weighted by Crippen LogP contribution is 2.33. The number of guanidine groups is 1. The number of hydrogen-bond donors (Lipinski definition) is 2. The minimum Gasteiger partial charge on any atom is -0.493 e. The minimum absolute atomic E-state index is 0.347. The van der Waals surface area contributed by atoms with Crippen LogP contribution in [0.2, 0.25) is 0 Å². The molecule has 1 atom stereocenters. The third kappa shape index (κ3) is 5.09. The van der Waals surface area contributed by atoms with Crippen LogP contribution in [0.15, 0.2) is 21.6 Å². The van der Waals surface area contributed by atoms with Gasteiger partial charge in [-0.3, -0.25) is 4.99 Å². The predicted molar refractivity (Wildman–Crippen MR) is 94.9 cm³/mol. The fraction of sp³-hybridized carbons (Fsp3) is 0.562. The zero-order chi connectivity index (χ0) is 16.7. The fourth-order valence-corrected chi connectivity index (χ4v) is 2.25. The summed E-state index contributed by atoms with van der Waals surface area (Å²) in [5.41, 5.74) is 1.07. The third-order valence-corrected chi connectivity index (χ3v) is 4.33. The van der Waals surface area contributed by atoms with E-state index in [1.54, 1.807) is 21.3 Å². The summed E-state index contributed by atoms with van der Waals surface area (Å²) in [6, 6.07) is 4.21. The molecule has 5 nitrogen and oxygen atoms in total. The third-order valence-electron chi connectivity index (χ3n) is 3.59. The van der Waals surface area contributed by atoms with Crippen molar-refractivity contribution in [3.8, 4) is 11.5 Å². The first-order valence-corrected chi connectivity index (χ1v) is 8.09. The average Bonchev–Trinajstić information content (AvgIpc) is 2.51. The number of halogens is 1. The van der Waals surface area contributed by atoms with Gasteiger partial charge in [0.2, 0.25) is 0 Å². The first-order valence-electron chi connectivity index (χ1n) is 7.30. The Morgan fingerprint density at radius 3 is 2.27 bits per heavy atom. The van der Waals surface area contributed by atoms with Gasteiger partial charge in [-0.15, -0.1) is 0 Å². The van der Waals surface area contributed by atoms with Crippen molar-refractivity contribution >= 4 is 21.9 Å². The van der Waals surface area contributed by atoms with Crippen molar-refractivity contribution in [2.45, 2.75) is 33.4 Å². The molecule has 0 aliphatic rings. The molecule has 0 saturated heterocycles. The largest absolute Gasteiger partial charge is 0.493 e. The molecule has 0 aromatic heterocycles. The van der Waals surface area contributed by atoms with E-state index in [9.17, 15) is 0 Å². The maximum atomic E-state index is 5.34. The Morgan fingerprint density at radius 2 is 1.77 bits per heavy atom. The molecule has 124 valence electrons. The molecule has 1 rings (SSSR count). The van der Waals surface area contributed by atoms with Crippen LogP contribution in [0.25, 0.3) is 0 Å². The summed E-state index contributed by atoms with van der Waals surface area (Å²) >= 11 is 3.56. The van der Waals surface area contributed by atoms with Crippen molar-refractivity contribution in [2.24, 2.45) is 10.9 Å². The Labute approximate surface area is 141 Å². The molecule has 0 bridgehead atoms. The summed E-state index contributed by atoms with van der Waals surface area (Å²) in [4.78, 5) is 4.25. The molecule has 6 heteroatoms. The molecular formula is C16H26BrN3O2. The molecule has 1 aromatic rings. The Morgan fingerprint density at radius 1 is 1.18 bits per heavy atom. The first kappa shape index (κ1) is 18.6. The molecule has 0 heterocycles. The van der Waals surface area contributed by atoms with Gasteiger partial charge < -0.3 is 20.1 Å². The topological polar surface area (TPSA) is 54.9 Å². The molecular weight excluding hydrogens is 346 g/mol. The Bertz CT molecular complexity index is 518. The van der Waals surface area contributed by atoms with Crippen LogP contribution in [-0.2, 0) is 6.54 Å². The predicted octanol–water partition coefficient (Wildman–Crippen LogP) is 3.18. The van der Waals surface area contributed by atoms with Gasteiger partial charge in [-0.2, -0.15) is 0 Å². The Hall–Kier alpha value is -1.43. The highest BCUT2D eigenvalue weighted by atomic mass is 79.9. The van der Waals surface area contributed by atoms with E-state index in [1.165, 1.54) is 0 Å². The van der Waals surface area contributed by atoms with Crippen LogP contribution >= 0.6 is 15.9 Å². The summed E-state index contributed by atoms with van der Waals surface area (Å²) in [7, 11) is 5.03. The van der Waals surface area contributed by atoms with Gasteiger partial charge in [0.05, 0.1) is 14.2 Å². The summed E-state index contributed by atoms with van der Waals surface area (Å²) in [5.74, 6) is 2.73. The van der Waals surface area contributed by atoms with Crippen molar-refractivity contribution < 1.29 is 9.47 Å². The minimum atomic E-state index is 0.347. The van der Waals surface area contributed by atoms with Crippen LogP contribution in [0.5, 0.6) is 11.5 Å². The molecule has 0 aliphatic heterocycles. The van der Waals surface area contributed by atoms with E-state index < -0.39 is 0 Å². The number of nitrogens with zero attached hydrogens (tertiary/aromatic N) is 1. The zero-order valence-electron chi connectivity index (χ0n) is 14.2. The second-order valence-electron chi connectivity index (χ2n) is 5.40. The standard InChI is InChI=1S/C16H26BrN3O2/c1-10(2)11(3)20-16(18-4)19-9-12-7-14(21-5)15(22-6)8-13(12)17/h7-8,10-11H,9H2,1-6H3,(H2,18,19,20). The van der Waals surface area contributed by atoms with Gasteiger partial charge >= 0.3 is 0 Å². The number of methoxy groups -OCH3 is 2. The van der Waals surface area contributed by atoms with Gasteiger partial charge in [-0.05, 0) is 30.5 Å². The molecule has 0 saturated carbocycles. The number of aliphatic imine (C=N–C) groups is 1. The van der Waals surface area contributed by atoms with E-state index in [2.05, 4.69) is 52.3 Å². The molecule has 1 aromatic carbocycles. The van der Waals surface area contributed by atoms with Crippen LogP contribution < -0.4 is 20.1 Å². The van der Waals surface area contributed by atoms with Crippen molar-refractivity contribution in [1.29, 1.82) is 0 Å².